The van der Waals surface area contributed by atoms with Gasteiger partial charge in [0.2, 0.25) is 0 Å². The Labute approximate surface area is 105 Å². The summed E-state index contributed by atoms with van der Waals surface area (Å²) in [7, 11) is 0. The maximum Gasteiger partial charge on any atom is 0.271 e. The van der Waals surface area contributed by atoms with Gasteiger partial charge in [-0.05, 0) is 25.2 Å². The van der Waals surface area contributed by atoms with Gasteiger partial charge in [-0.1, -0.05) is 11.6 Å². The van der Waals surface area contributed by atoms with Crippen LogP contribution in [0, 0.1) is 5.92 Å². The number of hydrogen-bond donors (Lipinski definition) is 2. The second-order valence-electron chi connectivity index (χ2n) is 4.19. The normalized spacial score (nSPS) is 14.9. The van der Waals surface area contributed by atoms with Gasteiger partial charge in [-0.25, -0.2) is 4.98 Å². The fourth-order valence-electron chi connectivity index (χ4n) is 1.42. The molecule has 1 fully saturated rings. The zero-order valence-corrected chi connectivity index (χ0v) is 10.3. The van der Waals surface area contributed by atoms with E-state index < -0.39 is 0 Å². The van der Waals surface area contributed by atoms with E-state index in [9.17, 15) is 4.79 Å². The maximum atomic E-state index is 11.2. The van der Waals surface area contributed by atoms with Crippen LogP contribution >= 0.6 is 11.6 Å². The zero-order valence-electron chi connectivity index (χ0n) is 9.54. The van der Waals surface area contributed by atoms with Crippen LogP contribution < -0.4 is 10.9 Å². The Kier molecular flexibility index (Phi) is 4.39. The number of halogens is 1. The van der Waals surface area contributed by atoms with Gasteiger partial charge in [0.1, 0.15) is 5.02 Å². The standard InChI is InChI=1S/C11H16ClN3O2/c12-9-10(14-7-15-11(9)16)13-4-1-5-17-6-8-2-3-8/h7-8H,1-6H2,(H2,13,14,15,16). The van der Waals surface area contributed by atoms with E-state index in [0.717, 1.165) is 25.6 Å². The largest absolute Gasteiger partial charge is 0.381 e. The van der Waals surface area contributed by atoms with Crippen LogP contribution in [0.2, 0.25) is 5.02 Å². The van der Waals surface area contributed by atoms with Crippen molar-refractivity contribution in [3.63, 3.8) is 0 Å². The molecule has 0 spiro atoms. The Morgan fingerprint density at radius 2 is 2.41 bits per heavy atom. The van der Waals surface area contributed by atoms with Crippen molar-refractivity contribution < 1.29 is 4.74 Å². The summed E-state index contributed by atoms with van der Waals surface area (Å²) in [5, 5.41) is 3.12. The number of anilines is 1. The summed E-state index contributed by atoms with van der Waals surface area (Å²) in [5.74, 6) is 1.23. The minimum absolute atomic E-state index is 0.103. The number of hydrogen-bond acceptors (Lipinski definition) is 4. The second-order valence-corrected chi connectivity index (χ2v) is 4.57. The highest BCUT2D eigenvalue weighted by atomic mass is 35.5. The molecule has 0 unspecified atom stereocenters. The van der Waals surface area contributed by atoms with Crippen molar-refractivity contribution in [2.24, 2.45) is 5.92 Å². The van der Waals surface area contributed by atoms with E-state index in [1.807, 2.05) is 0 Å². The molecule has 0 saturated heterocycles. The average Bonchev–Trinajstić information content (AvgIpc) is 3.12. The number of aromatic nitrogens is 2. The highest BCUT2D eigenvalue weighted by molar-refractivity contribution is 6.32. The molecule has 0 atom stereocenters. The van der Waals surface area contributed by atoms with Gasteiger partial charge in [0, 0.05) is 19.8 Å². The number of nitrogens with zero attached hydrogens (tertiary/aromatic N) is 1. The van der Waals surface area contributed by atoms with Crippen LogP contribution in [0.25, 0.3) is 0 Å². The summed E-state index contributed by atoms with van der Waals surface area (Å²) in [6, 6.07) is 0. The summed E-state index contributed by atoms with van der Waals surface area (Å²) in [5.41, 5.74) is -0.325. The van der Waals surface area contributed by atoms with Crippen LogP contribution in [0.5, 0.6) is 0 Å². The van der Waals surface area contributed by atoms with Crippen molar-refractivity contribution >= 4 is 17.4 Å². The van der Waals surface area contributed by atoms with E-state index in [-0.39, 0.29) is 10.6 Å². The number of ether oxygens (including phenoxy) is 1. The molecule has 1 aromatic rings. The monoisotopic (exact) mass is 257 g/mol. The SMILES string of the molecule is O=c1[nH]cnc(NCCCOCC2CC2)c1Cl. The van der Waals surface area contributed by atoms with E-state index in [0.29, 0.717) is 12.4 Å². The summed E-state index contributed by atoms with van der Waals surface area (Å²) in [4.78, 5) is 17.5. The molecule has 94 valence electrons. The molecular formula is C11H16ClN3O2. The fourth-order valence-corrected chi connectivity index (χ4v) is 1.59. The lowest BCUT2D eigenvalue weighted by molar-refractivity contribution is 0.124. The average molecular weight is 258 g/mol. The Morgan fingerprint density at radius 3 is 3.18 bits per heavy atom. The van der Waals surface area contributed by atoms with E-state index in [1.165, 1.54) is 19.2 Å². The van der Waals surface area contributed by atoms with Gasteiger partial charge >= 0.3 is 0 Å². The summed E-state index contributed by atoms with van der Waals surface area (Å²) < 4.78 is 5.49. The van der Waals surface area contributed by atoms with Gasteiger partial charge in [0.25, 0.3) is 5.56 Å². The summed E-state index contributed by atoms with van der Waals surface area (Å²) in [6.45, 7) is 2.30. The molecule has 0 bridgehead atoms. The third-order valence-corrected chi connectivity index (χ3v) is 2.96. The van der Waals surface area contributed by atoms with Gasteiger partial charge in [0.15, 0.2) is 5.82 Å². The smallest absolute Gasteiger partial charge is 0.271 e. The Balaban J connectivity index is 1.63. The van der Waals surface area contributed by atoms with Gasteiger partial charge in [0.05, 0.1) is 6.33 Å². The molecule has 0 radical (unpaired) electrons. The first kappa shape index (κ1) is 12.4. The van der Waals surface area contributed by atoms with Gasteiger partial charge < -0.3 is 15.0 Å². The molecule has 1 aliphatic rings. The first-order valence-electron chi connectivity index (χ1n) is 5.82. The number of H-pyrrole nitrogens is 1. The maximum absolute atomic E-state index is 11.2. The molecule has 0 aromatic carbocycles. The third-order valence-electron chi connectivity index (χ3n) is 2.60. The topological polar surface area (TPSA) is 67.0 Å². The lowest BCUT2D eigenvalue weighted by Crippen LogP contribution is -2.13. The van der Waals surface area contributed by atoms with Crippen molar-refractivity contribution in [2.45, 2.75) is 19.3 Å². The van der Waals surface area contributed by atoms with E-state index in [2.05, 4.69) is 15.3 Å². The predicted octanol–water partition coefficient (Wildman–Crippen LogP) is 1.65. The summed E-state index contributed by atoms with van der Waals surface area (Å²) in [6.07, 6.45) is 4.83. The molecule has 5 nitrogen and oxygen atoms in total. The van der Waals surface area contributed by atoms with E-state index in [1.54, 1.807) is 0 Å². The highest BCUT2D eigenvalue weighted by Crippen LogP contribution is 2.28. The van der Waals surface area contributed by atoms with Crippen LogP contribution in [0.4, 0.5) is 5.82 Å². The Morgan fingerprint density at radius 1 is 1.59 bits per heavy atom. The van der Waals surface area contributed by atoms with Crippen molar-refractivity contribution in [2.75, 3.05) is 25.1 Å². The highest BCUT2D eigenvalue weighted by Gasteiger charge is 2.20. The Hall–Kier alpha value is -1.07. The number of aromatic amines is 1. The molecule has 1 aromatic heterocycles. The molecule has 1 heterocycles. The molecule has 17 heavy (non-hydrogen) atoms. The first-order chi connectivity index (χ1) is 8.27. The fraction of sp³-hybridized carbons (Fsp3) is 0.636. The minimum Gasteiger partial charge on any atom is -0.381 e. The molecule has 1 aliphatic carbocycles. The van der Waals surface area contributed by atoms with E-state index in [4.69, 9.17) is 16.3 Å². The first-order valence-corrected chi connectivity index (χ1v) is 6.20. The van der Waals surface area contributed by atoms with Gasteiger partial charge in [-0.15, -0.1) is 0 Å². The zero-order chi connectivity index (χ0) is 12.1. The van der Waals surface area contributed by atoms with Crippen LogP contribution in [-0.2, 0) is 4.74 Å². The van der Waals surface area contributed by atoms with Crippen LogP contribution in [-0.4, -0.2) is 29.7 Å². The van der Waals surface area contributed by atoms with Gasteiger partial charge in [-0.2, -0.15) is 0 Å². The third kappa shape index (κ3) is 4.02. The number of rotatable bonds is 7. The Bertz CT molecular complexity index is 417. The molecule has 0 amide bonds. The lowest BCUT2D eigenvalue weighted by atomic mass is 10.4. The molecule has 6 heteroatoms. The van der Waals surface area contributed by atoms with Crippen molar-refractivity contribution in [3.05, 3.63) is 21.7 Å². The number of nitrogens with one attached hydrogen (secondary N) is 2. The van der Waals surface area contributed by atoms with Crippen LogP contribution in [0.15, 0.2) is 11.1 Å². The molecule has 2 rings (SSSR count). The molecule has 1 saturated carbocycles. The lowest BCUT2D eigenvalue weighted by Gasteiger charge is -2.06. The van der Waals surface area contributed by atoms with Crippen molar-refractivity contribution in [1.29, 1.82) is 0 Å². The van der Waals surface area contributed by atoms with E-state index >= 15 is 0 Å². The quantitative estimate of drug-likeness (QED) is 0.729. The molecule has 2 N–H and O–H groups in total. The predicted molar refractivity (Wildman–Crippen MR) is 66.5 cm³/mol. The van der Waals surface area contributed by atoms with Gasteiger partial charge in [-0.3, -0.25) is 4.79 Å². The minimum atomic E-state index is -0.325. The molecular weight excluding hydrogens is 242 g/mol. The van der Waals surface area contributed by atoms with Crippen LogP contribution in [0.1, 0.15) is 19.3 Å². The van der Waals surface area contributed by atoms with Crippen molar-refractivity contribution in [1.82, 2.24) is 9.97 Å². The molecule has 0 aliphatic heterocycles. The summed E-state index contributed by atoms with van der Waals surface area (Å²) >= 11 is 5.78. The van der Waals surface area contributed by atoms with Crippen LogP contribution in [0.3, 0.4) is 0 Å². The van der Waals surface area contributed by atoms with Crippen molar-refractivity contribution in [3.8, 4) is 0 Å². The second kappa shape index (κ2) is 6.02.